The van der Waals surface area contributed by atoms with Gasteiger partial charge in [-0.05, 0) is 57.2 Å². The molecule has 1 fully saturated rings. The van der Waals surface area contributed by atoms with Crippen LogP contribution in [0.1, 0.15) is 52.9 Å². The van der Waals surface area contributed by atoms with Gasteiger partial charge in [-0.2, -0.15) is 0 Å². The average molecular weight is 256 g/mol. The van der Waals surface area contributed by atoms with Gasteiger partial charge in [-0.15, -0.1) is 0 Å². The smallest absolute Gasteiger partial charge is 0.0576 e. The second-order valence-corrected chi connectivity index (χ2v) is 6.42. The van der Waals surface area contributed by atoms with Crippen molar-refractivity contribution in [3.05, 3.63) is 0 Å². The van der Waals surface area contributed by atoms with Crippen molar-refractivity contribution in [1.82, 2.24) is 4.90 Å². The van der Waals surface area contributed by atoms with Crippen LogP contribution in [0, 0.1) is 5.41 Å². The minimum Gasteiger partial charge on any atom is -0.378 e. The fourth-order valence-corrected chi connectivity index (χ4v) is 2.67. The van der Waals surface area contributed by atoms with Gasteiger partial charge in [-0.1, -0.05) is 20.8 Å². The molecule has 0 aromatic rings. The summed E-state index contributed by atoms with van der Waals surface area (Å²) in [5.74, 6) is 0. The summed E-state index contributed by atoms with van der Waals surface area (Å²) in [4.78, 5) is 2.57. The maximum absolute atomic E-state index is 5.83. The zero-order valence-electron chi connectivity index (χ0n) is 12.6. The van der Waals surface area contributed by atoms with E-state index in [1.807, 2.05) is 0 Å². The molecule has 0 amide bonds. The Morgan fingerprint density at radius 2 is 2.11 bits per heavy atom. The molecular formula is C15H32N2O. The van der Waals surface area contributed by atoms with Crippen molar-refractivity contribution in [3.8, 4) is 0 Å². The van der Waals surface area contributed by atoms with Crippen LogP contribution in [0.15, 0.2) is 0 Å². The Morgan fingerprint density at radius 1 is 1.33 bits per heavy atom. The fraction of sp³-hybridized carbons (Fsp3) is 1.00. The summed E-state index contributed by atoms with van der Waals surface area (Å²) in [5.41, 5.74) is 6.07. The molecule has 3 heteroatoms. The summed E-state index contributed by atoms with van der Waals surface area (Å²) < 4.78 is 5.68. The van der Waals surface area contributed by atoms with Crippen LogP contribution in [-0.4, -0.2) is 43.8 Å². The van der Waals surface area contributed by atoms with E-state index in [0.717, 1.165) is 19.7 Å². The minimum atomic E-state index is 0.235. The van der Waals surface area contributed by atoms with Gasteiger partial charge in [0.15, 0.2) is 0 Å². The van der Waals surface area contributed by atoms with E-state index in [1.54, 1.807) is 0 Å². The van der Waals surface area contributed by atoms with Crippen LogP contribution in [0.4, 0.5) is 0 Å². The monoisotopic (exact) mass is 256 g/mol. The summed E-state index contributed by atoms with van der Waals surface area (Å²) in [5, 5.41) is 0. The van der Waals surface area contributed by atoms with Gasteiger partial charge in [0.2, 0.25) is 0 Å². The number of rotatable bonds is 9. The van der Waals surface area contributed by atoms with E-state index < -0.39 is 0 Å². The topological polar surface area (TPSA) is 38.5 Å². The molecule has 1 atom stereocenters. The first-order valence-electron chi connectivity index (χ1n) is 7.61. The molecule has 3 nitrogen and oxygen atoms in total. The molecule has 1 saturated heterocycles. The van der Waals surface area contributed by atoms with Crippen LogP contribution in [0.3, 0.4) is 0 Å². The van der Waals surface area contributed by atoms with Crippen LogP contribution in [0.25, 0.3) is 0 Å². The lowest BCUT2D eigenvalue weighted by Crippen LogP contribution is -2.39. The van der Waals surface area contributed by atoms with E-state index >= 15 is 0 Å². The van der Waals surface area contributed by atoms with Crippen molar-refractivity contribution in [1.29, 1.82) is 0 Å². The molecular weight excluding hydrogens is 224 g/mol. The summed E-state index contributed by atoms with van der Waals surface area (Å²) >= 11 is 0. The number of hydrogen-bond acceptors (Lipinski definition) is 3. The van der Waals surface area contributed by atoms with E-state index in [-0.39, 0.29) is 5.41 Å². The van der Waals surface area contributed by atoms with E-state index in [2.05, 4.69) is 25.7 Å². The van der Waals surface area contributed by atoms with Gasteiger partial charge in [-0.3, -0.25) is 0 Å². The Kier molecular flexibility index (Phi) is 7.20. The van der Waals surface area contributed by atoms with Crippen molar-refractivity contribution in [2.45, 2.75) is 59.0 Å². The predicted octanol–water partition coefficient (Wildman–Crippen LogP) is 2.64. The maximum Gasteiger partial charge on any atom is 0.0576 e. The highest BCUT2D eigenvalue weighted by Crippen LogP contribution is 2.19. The first-order valence-corrected chi connectivity index (χ1v) is 7.61. The highest BCUT2D eigenvalue weighted by atomic mass is 16.5. The standard InChI is InChI=1S/C15H32N2O/c1-4-9-17(13-15(2,3)12-16)10-5-7-14-8-6-11-18-14/h14H,4-13,16H2,1-3H3. The van der Waals surface area contributed by atoms with Gasteiger partial charge in [-0.25, -0.2) is 0 Å². The van der Waals surface area contributed by atoms with Crippen molar-refractivity contribution in [2.24, 2.45) is 11.1 Å². The molecule has 0 aromatic heterocycles. The third-order valence-electron chi connectivity index (χ3n) is 3.77. The molecule has 108 valence electrons. The molecule has 1 aliphatic heterocycles. The number of ether oxygens (including phenoxy) is 1. The molecule has 0 aromatic carbocycles. The van der Waals surface area contributed by atoms with Gasteiger partial charge < -0.3 is 15.4 Å². The van der Waals surface area contributed by atoms with Crippen LogP contribution in [0.5, 0.6) is 0 Å². The van der Waals surface area contributed by atoms with E-state index in [1.165, 1.54) is 45.2 Å². The second kappa shape index (κ2) is 8.13. The minimum absolute atomic E-state index is 0.235. The predicted molar refractivity (Wildman–Crippen MR) is 77.8 cm³/mol. The third-order valence-corrected chi connectivity index (χ3v) is 3.77. The number of hydrogen-bond donors (Lipinski definition) is 1. The van der Waals surface area contributed by atoms with E-state index in [4.69, 9.17) is 10.5 Å². The Bertz CT molecular complexity index is 213. The fourth-order valence-electron chi connectivity index (χ4n) is 2.67. The summed E-state index contributed by atoms with van der Waals surface area (Å²) in [6.07, 6.45) is 6.76. The first-order chi connectivity index (χ1) is 8.57. The van der Waals surface area contributed by atoms with Gasteiger partial charge in [0.25, 0.3) is 0 Å². The number of nitrogens with two attached hydrogens (primary N) is 1. The SMILES string of the molecule is CCCN(CCCC1CCCO1)CC(C)(C)CN. The van der Waals surface area contributed by atoms with Crippen LogP contribution >= 0.6 is 0 Å². The maximum atomic E-state index is 5.83. The molecule has 2 N–H and O–H groups in total. The van der Waals surface area contributed by atoms with E-state index in [9.17, 15) is 0 Å². The lowest BCUT2D eigenvalue weighted by molar-refractivity contribution is 0.0960. The average Bonchev–Trinajstić information content (AvgIpc) is 2.82. The molecule has 1 unspecified atom stereocenters. The lowest BCUT2D eigenvalue weighted by Gasteiger charge is -2.31. The van der Waals surface area contributed by atoms with Gasteiger partial charge >= 0.3 is 0 Å². The number of nitrogens with zero attached hydrogens (tertiary/aromatic N) is 1. The lowest BCUT2D eigenvalue weighted by atomic mass is 9.93. The van der Waals surface area contributed by atoms with Crippen molar-refractivity contribution in [3.63, 3.8) is 0 Å². The molecule has 0 aliphatic carbocycles. The summed E-state index contributed by atoms with van der Waals surface area (Å²) in [6.45, 7) is 12.0. The van der Waals surface area contributed by atoms with Crippen molar-refractivity contribution < 1.29 is 4.74 Å². The highest BCUT2D eigenvalue weighted by molar-refractivity contribution is 4.75. The quantitative estimate of drug-likeness (QED) is 0.689. The van der Waals surface area contributed by atoms with Gasteiger partial charge in [0.1, 0.15) is 0 Å². The summed E-state index contributed by atoms with van der Waals surface area (Å²) in [7, 11) is 0. The van der Waals surface area contributed by atoms with E-state index in [0.29, 0.717) is 6.10 Å². The Balaban J connectivity index is 2.23. The molecule has 1 aliphatic rings. The zero-order valence-corrected chi connectivity index (χ0v) is 12.6. The molecule has 1 heterocycles. The Morgan fingerprint density at radius 3 is 2.67 bits per heavy atom. The zero-order chi connectivity index (χ0) is 13.4. The third kappa shape index (κ3) is 6.17. The second-order valence-electron chi connectivity index (χ2n) is 6.42. The summed E-state index contributed by atoms with van der Waals surface area (Å²) in [6, 6.07) is 0. The van der Waals surface area contributed by atoms with Crippen LogP contribution in [0.2, 0.25) is 0 Å². The van der Waals surface area contributed by atoms with Gasteiger partial charge in [0.05, 0.1) is 6.10 Å². The van der Waals surface area contributed by atoms with Crippen molar-refractivity contribution >= 4 is 0 Å². The molecule has 0 bridgehead atoms. The molecule has 0 spiro atoms. The van der Waals surface area contributed by atoms with Crippen LogP contribution in [-0.2, 0) is 4.74 Å². The Labute approximate surface area is 113 Å². The molecule has 0 radical (unpaired) electrons. The van der Waals surface area contributed by atoms with Crippen LogP contribution < -0.4 is 5.73 Å². The molecule has 0 saturated carbocycles. The first kappa shape index (κ1) is 15.9. The molecule has 18 heavy (non-hydrogen) atoms. The van der Waals surface area contributed by atoms with Gasteiger partial charge in [0, 0.05) is 13.2 Å². The highest BCUT2D eigenvalue weighted by Gasteiger charge is 2.20. The molecule has 1 rings (SSSR count). The Hall–Kier alpha value is -0.120. The largest absolute Gasteiger partial charge is 0.378 e. The van der Waals surface area contributed by atoms with Crippen molar-refractivity contribution in [2.75, 3.05) is 32.8 Å². The normalized spacial score (nSPS) is 20.8.